The summed E-state index contributed by atoms with van der Waals surface area (Å²) in [6.45, 7) is 6.36. The quantitative estimate of drug-likeness (QED) is 0.563. The third-order valence-electron chi connectivity index (χ3n) is 2.57. The number of anilines is 2. The molecule has 0 amide bonds. The van der Waals surface area contributed by atoms with Gasteiger partial charge in [-0.15, -0.1) is 0 Å². The molecule has 1 atom stereocenters. The number of hydrogen-bond acceptors (Lipinski definition) is 7. The Morgan fingerprint density at radius 1 is 1.45 bits per heavy atom. The van der Waals surface area contributed by atoms with Crippen LogP contribution in [0.5, 0.6) is 0 Å². The number of nitrogens with zero attached hydrogens (tertiary/aromatic N) is 3. The molecule has 0 spiro atoms. The van der Waals surface area contributed by atoms with Gasteiger partial charge in [0.05, 0.1) is 4.92 Å². The largest absolute Gasteiger partial charge is 0.361 e. The van der Waals surface area contributed by atoms with Gasteiger partial charge in [-0.05, 0) is 26.5 Å². The molecule has 0 bridgehead atoms. The lowest BCUT2D eigenvalue weighted by Crippen LogP contribution is -2.21. The van der Waals surface area contributed by atoms with Gasteiger partial charge in [0.1, 0.15) is 5.69 Å². The number of aromatic nitrogens is 2. The Hall–Kier alpha value is -1.57. The van der Waals surface area contributed by atoms with E-state index in [1.165, 1.54) is 0 Å². The van der Waals surface area contributed by atoms with Crippen LogP contribution in [-0.2, 0) is 0 Å². The van der Waals surface area contributed by atoms with Crippen molar-refractivity contribution in [1.29, 1.82) is 0 Å². The standard InChI is InChI=1S/C12H21N5O2S/c1-5-6-13-12-15-9(3)10(17(18)19)11(16-12)14-8(2)7-20-4/h8H,5-7H2,1-4H3,(H2,13,14,15,16). The van der Waals surface area contributed by atoms with E-state index in [9.17, 15) is 10.1 Å². The summed E-state index contributed by atoms with van der Waals surface area (Å²) in [6, 6.07) is 0.0945. The highest BCUT2D eigenvalue weighted by atomic mass is 32.2. The highest BCUT2D eigenvalue weighted by Crippen LogP contribution is 2.27. The van der Waals surface area contributed by atoms with Crippen molar-refractivity contribution in [2.75, 3.05) is 29.2 Å². The highest BCUT2D eigenvalue weighted by molar-refractivity contribution is 7.98. The molecule has 1 heterocycles. The molecule has 0 aromatic carbocycles. The zero-order valence-electron chi connectivity index (χ0n) is 12.3. The summed E-state index contributed by atoms with van der Waals surface area (Å²) in [4.78, 5) is 19.1. The first-order valence-corrected chi connectivity index (χ1v) is 7.91. The van der Waals surface area contributed by atoms with Gasteiger partial charge in [0, 0.05) is 18.3 Å². The van der Waals surface area contributed by atoms with Crippen LogP contribution in [0.4, 0.5) is 17.5 Å². The first-order chi connectivity index (χ1) is 9.49. The van der Waals surface area contributed by atoms with Gasteiger partial charge in [-0.2, -0.15) is 16.7 Å². The lowest BCUT2D eigenvalue weighted by atomic mass is 10.3. The van der Waals surface area contributed by atoms with Crippen LogP contribution < -0.4 is 10.6 Å². The molecule has 1 unspecified atom stereocenters. The topological polar surface area (TPSA) is 93.0 Å². The van der Waals surface area contributed by atoms with Crippen molar-refractivity contribution in [3.63, 3.8) is 0 Å². The van der Waals surface area contributed by atoms with Gasteiger partial charge in [0.15, 0.2) is 0 Å². The molecule has 0 fully saturated rings. The summed E-state index contributed by atoms with van der Waals surface area (Å²) in [5.74, 6) is 1.55. The van der Waals surface area contributed by atoms with Gasteiger partial charge in [-0.1, -0.05) is 6.92 Å². The zero-order chi connectivity index (χ0) is 15.1. The van der Waals surface area contributed by atoms with Crippen LogP contribution >= 0.6 is 11.8 Å². The molecule has 2 N–H and O–H groups in total. The maximum absolute atomic E-state index is 11.2. The van der Waals surface area contributed by atoms with Gasteiger partial charge in [0.25, 0.3) is 0 Å². The van der Waals surface area contributed by atoms with Crippen LogP contribution in [0.2, 0.25) is 0 Å². The molecule has 0 aliphatic carbocycles. The predicted octanol–water partition coefficient (Wildman–Crippen LogP) is 2.68. The lowest BCUT2D eigenvalue weighted by molar-refractivity contribution is -0.385. The number of thioether (sulfide) groups is 1. The molecular formula is C12H21N5O2S. The Balaban J connectivity index is 3.08. The minimum atomic E-state index is -0.437. The van der Waals surface area contributed by atoms with Crippen LogP contribution in [0.3, 0.4) is 0 Å². The fourth-order valence-corrected chi connectivity index (χ4v) is 2.31. The summed E-state index contributed by atoms with van der Waals surface area (Å²) in [5, 5.41) is 17.3. The van der Waals surface area contributed by atoms with Crippen molar-refractivity contribution >= 4 is 29.2 Å². The second-order valence-corrected chi connectivity index (χ2v) is 5.43. The van der Waals surface area contributed by atoms with Crippen molar-refractivity contribution < 1.29 is 4.92 Å². The minimum Gasteiger partial charge on any atom is -0.361 e. The maximum atomic E-state index is 11.2. The molecule has 0 saturated carbocycles. The monoisotopic (exact) mass is 299 g/mol. The number of nitrogens with one attached hydrogen (secondary N) is 2. The molecule has 8 heteroatoms. The van der Waals surface area contributed by atoms with Crippen LogP contribution in [0.15, 0.2) is 0 Å². The van der Waals surface area contributed by atoms with Crippen molar-refractivity contribution in [3.05, 3.63) is 15.8 Å². The van der Waals surface area contributed by atoms with E-state index in [1.807, 2.05) is 20.1 Å². The third kappa shape index (κ3) is 4.52. The predicted molar refractivity (Wildman–Crippen MR) is 83.7 cm³/mol. The highest BCUT2D eigenvalue weighted by Gasteiger charge is 2.23. The molecule has 1 aromatic heterocycles. The van der Waals surface area contributed by atoms with E-state index in [4.69, 9.17) is 0 Å². The van der Waals surface area contributed by atoms with E-state index in [-0.39, 0.29) is 17.5 Å². The molecule has 0 saturated heterocycles. The summed E-state index contributed by atoms with van der Waals surface area (Å²) in [7, 11) is 0. The normalized spacial score (nSPS) is 12.0. The fourth-order valence-electron chi connectivity index (χ4n) is 1.73. The molecular weight excluding hydrogens is 278 g/mol. The van der Waals surface area contributed by atoms with E-state index in [1.54, 1.807) is 18.7 Å². The van der Waals surface area contributed by atoms with E-state index in [0.29, 0.717) is 11.6 Å². The Kier molecular flexibility index (Phi) is 6.50. The van der Waals surface area contributed by atoms with E-state index >= 15 is 0 Å². The smallest absolute Gasteiger partial charge is 0.332 e. The molecule has 0 aliphatic heterocycles. The molecule has 1 rings (SSSR count). The SMILES string of the molecule is CCCNc1nc(C)c([N+](=O)[O-])c(NC(C)CSC)n1. The summed E-state index contributed by atoms with van der Waals surface area (Å²) >= 11 is 1.67. The second-order valence-electron chi connectivity index (χ2n) is 4.51. The summed E-state index contributed by atoms with van der Waals surface area (Å²) < 4.78 is 0. The van der Waals surface area contributed by atoms with Crippen LogP contribution in [0.1, 0.15) is 26.0 Å². The van der Waals surface area contributed by atoms with Crippen molar-refractivity contribution in [3.8, 4) is 0 Å². The van der Waals surface area contributed by atoms with Crippen molar-refractivity contribution in [1.82, 2.24) is 9.97 Å². The van der Waals surface area contributed by atoms with Gasteiger partial charge in [-0.3, -0.25) is 10.1 Å². The second kappa shape index (κ2) is 7.88. The Labute approximate surface area is 123 Å². The Morgan fingerprint density at radius 3 is 2.70 bits per heavy atom. The van der Waals surface area contributed by atoms with Gasteiger partial charge < -0.3 is 10.6 Å². The number of aryl methyl sites for hydroxylation is 1. The van der Waals surface area contributed by atoms with Crippen LogP contribution in [0, 0.1) is 17.0 Å². The van der Waals surface area contributed by atoms with Crippen molar-refractivity contribution in [2.45, 2.75) is 33.2 Å². The number of hydrogen-bond donors (Lipinski definition) is 2. The average molecular weight is 299 g/mol. The first-order valence-electron chi connectivity index (χ1n) is 6.52. The van der Waals surface area contributed by atoms with Gasteiger partial charge in [-0.25, -0.2) is 4.98 Å². The number of nitro groups is 1. The molecule has 1 aromatic rings. The summed E-state index contributed by atoms with van der Waals surface area (Å²) in [5.41, 5.74) is 0.308. The van der Waals surface area contributed by atoms with Gasteiger partial charge in [0.2, 0.25) is 11.8 Å². The van der Waals surface area contributed by atoms with Gasteiger partial charge >= 0.3 is 5.69 Å². The maximum Gasteiger partial charge on any atom is 0.332 e. The third-order valence-corrected chi connectivity index (χ3v) is 3.41. The first kappa shape index (κ1) is 16.5. The van der Waals surface area contributed by atoms with E-state index in [0.717, 1.165) is 18.7 Å². The molecule has 0 aliphatic rings. The van der Waals surface area contributed by atoms with E-state index < -0.39 is 4.92 Å². The van der Waals surface area contributed by atoms with Crippen LogP contribution in [-0.4, -0.2) is 39.5 Å². The lowest BCUT2D eigenvalue weighted by Gasteiger charge is -2.15. The van der Waals surface area contributed by atoms with Crippen molar-refractivity contribution in [2.24, 2.45) is 0 Å². The fraction of sp³-hybridized carbons (Fsp3) is 0.667. The molecule has 0 radical (unpaired) electrons. The van der Waals surface area contributed by atoms with E-state index in [2.05, 4.69) is 20.6 Å². The number of rotatable bonds is 8. The summed E-state index contributed by atoms with van der Waals surface area (Å²) in [6.07, 6.45) is 2.93. The Bertz CT molecular complexity index is 469. The molecule has 20 heavy (non-hydrogen) atoms. The zero-order valence-corrected chi connectivity index (χ0v) is 13.1. The Morgan fingerprint density at radius 2 is 2.15 bits per heavy atom. The molecule has 7 nitrogen and oxygen atoms in total. The van der Waals surface area contributed by atoms with Crippen LogP contribution in [0.25, 0.3) is 0 Å². The average Bonchev–Trinajstić information content (AvgIpc) is 2.35. The molecule has 112 valence electrons. The minimum absolute atomic E-state index is 0.0556.